The molecule has 5 nitrogen and oxygen atoms in total. The van der Waals surface area contributed by atoms with E-state index < -0.39 is 0 Å². The summed E-state index contributed by atoms with van der Waals surface area (Å²) in [6, 6.07) is 0. The Kier molecular flexibility index (Phi) is 4.36. The lowest BCUT2D eigenvalue weighted by Crippen LogP contribution is -2.09. The number of rotatable bonds is 5. The fourth-order valence-electron chi connectivity index (χ4n) is 1.73. The van der Waals surface area contributed by atoms with Crippen LogP contribution < -0.4 is 5.32 Å². The maximum Gasteiger partial charge on any atom is 0.186 e. The van der Waals surface area contributed by atoms with Gasteiger partial charge in [-0.3, -0.25) is 0 Å². The second-order valence-corrected chi connectivity index (χ2v) is 4.76. The highest BCUT2D eigenvalue weighted by Gasteiger charge is 2.10. The van der Waals surface area contributed by atoms with Crippen LogP contribution in [0.15, 0.2) is 17.7 Å². The molecule has 1 N–H and O–H groups in total. The number of hydrogen-bond donors (Lipinski definition) is 1. The number of hydrogen-bond acceptors (Lipinski definition) is 5. The van der Waals surface area contributed by atoms with Crippen molar-refractivity contribution in [3.05, 3.63) is 29.7 Å². The van der Waals surface area contributed by atoms with Crippen LogP contribution in [-0.2, 0) is 20.0 Å². The van der Waals surface area contributed by atoms with Gasteiger partial charge in [0.1, 0.15) is 6.33 Å². The van der Waals surface area contributed by atoms with Crippen LogP contribution >= 0.6 is 11.8 Å². The first-order valence-electron chi connectivity index (χ1n) is 5.95. The lowest BCUT2D eigenvalue weighted by Gasteiger charge is -2.09. The molecule has 2 heterocycles. The van der Waals surface area contributed by atoms with Crippen molar-refractivity contribution in [3.8, 4) is 0 Å². The number of aryl methyl sites for hydroxylation is 1. The number of thioether (sulfide) groups is 1. The van der Waals surface area contributed by atoms with Gasteiger partial charge in [-0.15, -0.1) is 0 Å². The monoisotopic (exact) mass is 281 g/mol. The highest BCUT2D eigenvalue weighted by atomic mass is 32.2. The summed E-state index contributed by atoms with van der Waals surface area (Å²) >= 11 is 1.57. The molecule has 2 aromatic heterocycles. The molecule has 0 bridgehead atoms. The summed E-state index contributed by atoms with van der Waals surface area (Å²) in [5, 5.41) is 3.91. The van der Waals surface area contributed by atoms with E-state index in [1.54, 1.807) is 18.0 Å². The number of nitrogens with zero attached hydrogens (tertiary/aromatic N) is 4. The van der Waals surface area contributed by atoms with Crippen LogP contribution in [0.25, 0.3) is 0 Å². The Morgan fingerprint density at radius 2 is 2.16 bits per heavy atom. The summed E-state index contributed by atoms with van der Waals surface area (Å²) in [4.78, 5) is 12.1. The predicted molar refractivity (Wildman–Crippen MR) is 73.7 cm³/mol. The third-order valence-electron chi connectivity index (χ3n) is 2.86. The molecule has 0 radical (unpaired) electrons. The van der Waals surface area contributed by atoms with E-state index in [9.17, 15) is 4.39 Å². The van der Waals surface area contributed by atoms with Crippen molar-refractivity contribution in [2.45, 2.75) is 25.0 Å². The molecule has 0 aliphatic rings. The van der Waals surface area contributed by atoms with Crippen molar-refractivity contribution in [2.24, 2.45) is 7.05 Å². The van der Waals surface area contributed by atoms with Gasteiger partial charge in [0.25, 0.3) is 0 Å². The van der Waals surface area contributed by atoms with Crippen molar-refractivity contribution in [1.82, 2.24) is 19.5 Å². The number of imidazole rings is 1. The predicted octanol–water partition coefficient (Wildman–Crippen LogP) is 2.25. The van der Waals surface area contributed by atoms with Gasteiger partial charge in [0.15, 0.2) is 16.8 Å². The average molecular weight is 281 g/mol. The lowest BCUT2D eigenvalue weighted by atomic mass is 10.3. The molecule has 0 amide bonds. The molecule has 2 rings (SSSR count). The van der Waals surface area contributed by atoms with E-state index in [-0.39, 0.29) is 11.6 Å². The van der Waals surface area contributed by atoms with E-state index in [0.29, 0.717) is 18.7 Å². The van der Waals surface area contributed by atoms with E-state index in [1.165, 1.54) is 6.33 Å². The third-order valence-corrected chi connectivity index (χ3v) is 3.60. The summed E-state index contributed by atoms with van der Waals surface area (Å²) in [7, 11) is 1.93. The Morgan fingerprint density at radius 3 is 2.79 bits per heavy atom. The van der Waals surface area contributed by atoms with Crippen molar-refractivity contribution < 1.29 is 4.39 Å². The van der Waals surface area contributed by atoms with Crippen molar-refractivity contribution in [2.75, 3.05) is 11.6 Å². The van der Waals surface area contributed by atoms with Crippen LogP contribution in [0.5, 0.6) is 0 Å². The van der Waals surface area contributed by atoms with E-state index in [1.807, 2.05) is 24.8 Å². The molecule has 2 aromatic rings. The van der Waals surface area contributed by atoms with E-state index >= 15 is 0 Å². The molecule has 0 aliphatic heterocycles. The van der Waals surface area contributed by atoms with Crippen LogP contribution in [0.3, 0.4) is 0 Å². The molecule has 0 atom stereocenters. The van der Waals surface area contributed by atoms with E-state index in [2.05, 4.69) is 20.3 Å². The second-order valence-electron chi connectivity index (χ2n) is 3.99. The van der Waals surface area contributed by atoms with Gasteiger partial charge >= 0.3 is 0 Å². The highest BCUT2D eigenvalue weighted by molar-refractivity contribution is 7.98. The zero-order chi connectivity index (χ0) is 13.8. The molecule has 7 heteroatoms. The van der Waals surface area contributed by atoms with Crippen LogP contribution in [0.2, 0.25) is 0 Å². The molecule has 19 heavy (non-hydrogen) atoms. The Hall–Kier alpha value is -1.63. The Bertz CT molecular complexity index is 569. The second kappa shape index (κ2) is 6.01. The molecule has 0 saturated carbocycles. The maximum absolute atomic E-state index is 13.9. The van der Waals surface area contributed by atoms with Gasteiger partial charge in [-0.05, 0) is 12.7 Å². The standard InChI is InChI=1S/C12H16FN5S/c1-4-9-10(13)11(17-7-16-9)14-5-8-6-15-12(19-3)18(8)2/h6-7H,4-5H2,1-3H3,(H,14,16,17). The van der Waals surface area contributed by atoms with Crippen molar-refractivity contribution >= 4 is 17.6 Å². The summed E-state index contributed by atoms with van der Waals surface area (Å²) in [5.41, 5.74) is 1.40. The van der Waals surface area contributed by atoms with Crippen LogP contribution in [0.1, 0.15) is 18.3 Å². The molecule has 102 valence electrons. The number of aromatic nitrogens is 4. The first kappa shape index (κ1) is 13.8. The first-order valence-corrected chi connectivity index (χ1v) is 7.17. The fraction of sp³-hybridized carbons (Fsp3) is 0.417. The molecule has 0 unspecified atom stereocenters. The molecular weight excluding hydrogens is 265 g/mol. The number of anilines is 1. The SMILES string of the molecule is CCc1ncnc(NCc2cnc(SC)n2C)c1F. The van der Waals surface area contributed by atoms with Crippen LogP contribution in [0.4, 0.5) is 10.2 Å². The van der Waals surface area contributed by atoms with E-state index in [0.717, 1.165) is 10.9 Å². The van der Waals surface area contributed by atoms with Crippen LogP contribution in [0, 0.1) is 5.82 Å². The van der Waals surface area contributed by atoms with Crippen molar-refractivity contribution in [3.63, 3.8) is 0 Å². The molecule has 0 fully saturated rings. The van der Waals surface area contributed by atoms with Crippen LogP contribution in [-0.4, -0.2) is 25.8 Å². The molecule has 0 spiro atoms. The fourth-order valence-corrected chi connectivity index (χ4v) is 2.28. The minimum atomic E-state index is -0.378. The Morgan fingerprint density at radius 1 is 1.37 bits per heavy atom. The third kappa shape index (κ3) is 2.86. The van der Waals surface area contributed by atoms with Gasteiger partial charge in [0, 0.05) is 7.05 Å². The van der Waals surface area contributed by atoms with Gasteiger partial charge in [-0.1, -0.05) is 18.7 Å². The average Bonchev–Trinajstić information content (AvgIpc) is 2.78. The Balaban J connectivity index is 2.12. The zero-order valence-corrected chi connectivity index (χ0v) is 12.0. The largest absolute Gasteiger partial charge is 0.362 e. The van der Waals surface area contributed by atoms with Gasteiger partial charge in [0.2, 0.25) is 0 Å². The number of nitrogens with one attached hydrogen (secondary N) is 1. The van der Waals surface area contributed by atoms with Gasteiger partial charge < -0.3 is 9.88 Å². The normalized spacial score (nSPS) is 10.7. The number of halogens is 1. The molecule has 0 aliphatic carbocycles. The quantitative estimate of drug-likeness (QED) is 0.852. The topological polar surface area (TPSA) is 55.6 Å². The van der Waals surface area contributed by atoms with Crippen molar-refractivity contribution in [1.29, 1.82) is 0 Å². The zero-order valence-electron chi connectivity index (χ0n) is 11.1. The minimum Gasteiger partial charge on any atom is -0.362 e. The summed E-state index contributed by atoms with van der Waals surface area (Å²) in [6.45, 7) is 2.34. The van der Waals surface area contributed by atoms with E-state index in [4.69, 9.17) is 0 Å². The summed E-state index contributed by atoms with van der Waals surface area (Å²) in [5.74, 6) is -0.143. The van der Waals surface area contributed by atoms with Gasteiger partial charge in [0.05, 0.1) is 24.1 Å². The smallest absolute Gasteiger partial charge is 0.186 e. The summed E-state index contributed by atoms with van der Waals surface area (Å²) < 4.78 is 15.9. The van der Waals surface area contributed by atoms with Gasteiger partial charge in [-0.2, -0.15) is 0 Å². The maximum atomic E-state index is 13.9. The first-order chi connectivity index (χ1) is 9.17. The molecule has 0 aromatic carbocycles. The minimum absolute atomic E-state index is 0.235. The molecular formula is C12H16FN5S. The Labute approximate surface area is 115 Å². The summed E-state index contributed by atoms with van der Waals surface area (Å²) in [6.07, 6.45) is 5.67. The molecule has 0 saturated heterocycles. The van der Waals surface area contributed by atoms with Gasteiger partial charge in [-0.25, -0.2) is 19.3 Å². The lowest BCUT2D eigenvalue weighted by molar-refractivity contribution is 0.596. The highest BCUT2D eigenvalue weighted by Crippen LogP contribution is 2.17.